The maximum absolute atomic E-state index is 5.57. The first-order chi connectivity index (χ1) is 10.7. The molecule has 5 heteroatoms. The minimum atomic E-state index is 0.464. The number of benzene rings is 2. The number of rotatable bonds is 5. The summed E-state index contributed by atoms with van der Waals surface area (Å²) in [6.45, 7) is 2.34. The van der Waals surface area contributed by atoms with Gasteiger partial charge in [-0.15, -0.1) is 0 Å². The van der Waals surface area contributed by atoms with Crippen molar-refractivity contribution in [3.05, 3.63) is 70.3 Å². The summed E-state index contributed by atoms with van der Waals surface area (Å²) in [6.07, 6.45) is 0. The first-order valence-electron chi connectivity index (χ1n) is 6.88. The average Bonchev–Trinajstić information content (AvgIpc) is 2.90. The first-order valence-corrected chi connectivity index (χ1v) is 7.67. The van der Waals surface area contributed by atoms with Gasteiger partial charge in [-0.05, 0) is 36.8 Å². The number of aromatic nitrogens is 1. The summed E-state index contributed by atoms with van der Waals surface area (Å²) < 4.78 is 6.43. The van der Waals surface area contributed by atoms with E-state index in [0.29, 0.717) is 12.4 Å². The molecule has 1 heterocycles. The van der Waals surface area contributed by atoms with Crippen molar-refractivity contribution in [2.24, 2.45) is 0 Å². The lowest BCUT2D eigenvalue weighted by molar-refractivity contribution is 0.180. The molecule has 0 spiro atoms. The Balaban J connectivity index is 1.74. The summed E-state index contributed by atoms with van der Waals surface area (Å²) in [6, 6.07) is 17.8. The summed E-state index contributed by atoms with van der Waals surface area (Å²) in [5, 5.41) is 4.01. The van der Waals surface area contributed by atoms with Crippen molar-refractivity contribution < 1.29 is 9.36 Å². The van der Waals surface area contributed by atoms with Gasteiger partial charge in [-0.1, -0.05) is 51.4 Å². The molecule has 1 N–H and O–H groups in total. The fraction of sp³-hybridized carbons (Fsp3) is 0.118. The Labute approximate surface area is 137 Å². The predicted octanol–water partition coefficient (Wildman–Crippen LogP) is 4.96. The van der Waals surface area contributed by atoms with Crippen LogP contribution in [0, 0.1) is 6.92 Å². The summed E-state index contributed by atoms with van der Waals surface area (Å²) in [7, 11) is 0. The fourth-order valence-electron chi connectivity index (χ4n) is 2.05. The zero-order valence-electron chi connectivity index (χ0n) is 12.0. The van der Waals surface area contributed by atoms with E-state index >= 15 is 0 Å². The van der Waals surface area contributed by atoms with E-state index in [1.807, 2.05) is 61.5 Å². The molecule has 0 saturated carbocycles. The fourth-order valence-corrected chi connectivity index (χ4v) is 2.32. The molecule has 22 heavy (non-hydrogen) atoms. The summed E-state index contributed by atoms with van der Waals surface area (Å²) in [4.78, 5) is 5.57. The van der Waals surface area contributed by atoms with Crippen molar-refractivity contribution in [2.75, 3.05) is 5.48 Å². The van der Waals surface area contributed by atoms with E-state index in [2.05, 4.69) is 26.6 Å². The molecule has 0 aliphatic heterocycles. The van der Waals surface area contributed by atoms with Gasteiger partial charge in [-0.3, -0.25) is 10.3 Å². The number of nitrogens with one attached hydrogen (secondary N) is 1. The molecule has 0 aliphatic rings. The van der Waals surface area contributed by atoms with Crippen molar-refractivity contribution >= 4 is 21.6 Å². The SMILES string of the molecule is Cc1noc(-c2ccc(Br)cc2)c1NOCc1ccccc1. The van der Waals surface area contributed by atoms with E-state index in [4.69, 9.17) is 9.36 Å². The molecule has 112 valence electrons. The van der Waals surface area contributed by atoms with Gasteiger partial charge in [-0.2, -0.15) is 0 Å². The van der Waals surface area contributed by atoms with Gasteiger partial charge in [0, 0.05) is 10.0 Å². The Bertz CT molecular complexity index is 739. The van der Waals surface area contributed by atoms with Crippen molar-refractivity contribution in [1.29, 1.82) is 0 Å². The Kier molecular flexibility index (Phi) is 4.56. The van der Waals surface area contributed by atoms with E-state index in [0.717, 1.165) is 27.0 Å². The van der Waals surface area contributed by atoms with Gasteiger partial charge in [0.25, 0.3) is 0 Å². The average molecular weight is 359 g/mol. The topological polar surface area (TPSA) is 47.3 Å². The molecule has 3 rings (SSSR count). The van der Waals surface area contributed by atoms with Crippen LogP contribution in [0.5, 0.6) is 0 Å². The first kappa shape index (κ1) is 14.8. The Hall–Kier alpha value is -2.11. The van der Waals surface area contributed by atoms with Gasteiger partial charge < -0.3 is 4.52 Å². The van der Waals surface area contributed by atoms with E-state index in [1.54, 1.807) is 0 Å². The van der Waals surface area contributed by atoms with Crippen LogP contribution in [0.1, 0.15) is 11.3 Å². The highest BCUT2D eigenvalue weighted by Gasteiger charge is 2.15. The molecule has 0 radical (unpaired) electrons. The number of hydrogen-bond donors (Lipinski definition) is 1. The van der Waals surface area contributed by atoms with E-state index in [1.165, 1.54) is 0 Å². The molecule has 0 saturated heterocycles. The lowest BCUT2D eigenvalue weighted by atomic mass is 10.1. The van der Waals surface area contributed by atoms with E-state index in [-0.39, 0.29) is 0 Å². The molecular formula is C17H15BrN2O2. The maximum atomic E-state index is 5.57. The summed E-state index contributed by atoms with van der Waals surface area (Å²) >= 11 is 3.42. The van der Waals surface area contributed by atoms with E-state index < -0.39 is 0 Å². The smallest absolute Gasteiger partial charge is 0.192 e. The number of hydrogen-bond acceptors (Lipinski definition) is 4. The largest absolute Gasteiger partial charge is 0.354 e. The van der Waals surface area contributed by atoms with Crippen LogP contribution in [0.25, 0.3) is 11.3 Å². The van der Waals surface area contributed by atoms with Crippen LogP contribution >= 0.6 is 15.9 Å². The van der Waals surface area contributed by atoms with Crippen LogP contribution in [-0.2, 0) is 11.4 Å². The second-order valence-corrected chi connectivity index (χ2v) is 5.77. The highest BCUT2D eigenvalue weighted by atomic mass is 79.9. The molecule has 0 fully saturated rings. The number of anilines is 1. The molecule has 0 amide bonds. The second-order valence-electron chi connectivity index (χ2n) is 4.86. The van der Waals surface area contributed by atoms with Crippen LogP contribution in [0.2, 0.25) is 0 Å². The van der Waals surface area contributed by atoms with Crippen molar-refractivity contribution in [1.82, 2.24) is 5.16 Å². The van der Waals surface area contributed by atoms with Crippen molar-refractivity contribution in [2.45, 2.75) is 13.5 Å². The highest BCUT2D eigenvalue weighted by molar-refractivity contribution is 9.10. The van der Waals surface area contributed by atoms with Crippen LogP contribution < -0.4 is 5.48 Å². The van der Waals surface area contributed by atoms with Crippen LogP contribution in [-0.4, -0.2) is 5.16 Å². The van der Waals surface area contributed by atoms with Gasteiger partial charge in [0.2, 0.25) is 0 Å². The minimum absolute atomic E-state index is 0.464. The Morgan fingerprint density at radius 2 is 1.82 bits per heavy atom. The number of halogens is 1. The summed E-state index contributed by atoms with van der Waals surface area (Å²) in [5.74, 6) is 0.665. The third-order valence-corrected chi connectivity index (χ3v) is 3.75. The van der Waals surface area contributed by atoms with E-state index in [9.17, 15) is 0 Å². The van der Waals surface area contributed by atoms with Crippen molar-refractivity contribution in [3.63, 3.8) is 0 Å². The quantitative estimate of drug-likeness (QED) is 0.655. The maximum Gasteiger partial charge on any atom is 0.192 e. The predicted molar refractivity (Wildman–Crippen MR) is 89.2 cm³/mol. The zero-order valence-corrected chi connectivity index (χ0v) is 13.6. The Morgan fingerprint density at radius 1 is 1.09 bits per heavy atom. The second kappa shape index (κ2) is 6.77. The van der Waals surface area contributed by atoms with Crippen LogP contribution in [0.3, 0.4) is 0 Å². The monoisotopic (exact) mass is 358 g/mol. The van der Waals surface area contributed by atoms with Crippen molar-refractivity contribution in [3.8, 4) is 11.3 Å². The molecule has 0 unspecified atom stereocenters. The number of nitrogens with zero attached hydrogens (tertiary/aromatic N) is 1. The molecule has 0 atom stereocenters. The highest BCUT2D eigenvalue weighted by Crippen LogP contribution is 2.31. The van der Waals surface area contributed by atoms with Gasteiger partial charge in [-0.25, -0.2) is 0 Å². The molecule has 1 aromatic heterocycles. The molecular weight excluding hydrogens is 344 g/mol. The minimum Gasteiger partial charge on any atom is -0.354 e. The lowest BCUT2D eigenvalue weighted by Crippen LogP contribution is -2.02. The Morgan fingerprint density at radius 3 is 2.55 bits per heavy atom. The standard InChI is InChI=1S/C17H15BrN2O2/c1-12-16(20-21-11-13-5-3-2-4-6-13)17(22-19-12)14-7-9-15(18)10-8-14/h2-10,20H,11H2,1H3. The number of aryl methyl sites for hydroxylation is 1. The summed E-state index contributed by atoms with van der Waals surface area (Å²) in [5.41, 5.74) is 6.49. The third-order valence-electron chi connectivity index (χ3n) is 3.23. The van der Waals surface area contributed by atoms with Gasteiger partial charge in [0.05, 0.1) is 6.61 Å². The van der Waals surface area contributed by atoms with Crippen LogP contribution in [0.4, 0.5) is 5.69 Å². The molecule has 0 bridgehead atoms. The molecule has 0 aliphatic carbocycles. The molecule has 2 aromatic carbocycles. The molecule has 4 nitrogen and oxygen atoms in total. The molecule has 3 aromatic rings. The normalized spacial score (nSPS) is 10.6. The van der Waals surface area contributed by atoms with Gasteiger partial charge in [0.1, 0.15) is 11.4 Å². The van der Waals surface area contributed by atoms with Gasteiger partial charge >= 0.3 is 0 Å². The zero-order chi connectivity index (χ0) is 15.4. The van der Waals surface area contributed by atoms with Crippen LogP contribution in [0.15, 0.2) is 63.6 Å². The third kappa shape index (κ3) is 3.37. The van der Waals surface area contributed by atoms with Gasteiger partial charge in [0.15, 0.2) is 5.76 Å². The lowest BCUT2D eigenvalue weighted by Gasteiger charge is -2.07.